The maximum absolute atomic E-state index is 5.83. The van der Waals surface area contributed by atoms with Crippen molar-refractivity contribution < 1.29 is 4.74 Å². The van der Waals surface area contributed by atoms with E-state index < -0.39 is 0 Å². The number of benzene rings is 3. The molecule has 0 unspecified atom stereocenters. The zero-order valence-corrected chi connectivity index (χ0v) is 11.9. The van der Waals surface area contributed by atoms with Crippen LogP contribution in [0.1, 0.15) is 26.2 Å². The lowest BCUT2D eigenvalue weighted by molar-refractivity contribution is 0.306. The van der Waals surface area contributed by atoms with E-state index in [1.807, 2.05) is 0 Å². The van der Waals surface area contributed by atoms with E-state index in [1.165, 1.54) is 34.4 Å². The minimum absolute atomic E-state index is 0.812. The summed E-state index contributed by atoms with van der Waals surface area (Å²) >= 11 is 0. The predicted octanol–water partition coefficient (Wildman–Crippen LogP) is 5.56. The number of hydrogen-bond donors (Lipinski definition) is 0. The smallest absolute Gasteiger partial charge is 0.119 e. The lowest BCUT2D eigenvalue weighted by Crippen LogP contribution is -1.96. The van der Waals surface area contributed by atoms with E-state index in [4.69, 9.17) is 4.74 Å². The Hall–Kier alpha value is -2.02. The van der Waals surface area contributed by atoms with Gasteiger partial charge in [-0.25, -0.2) is 0 Å². The Labute approximate surface area is 120 Å². The van der Waals surface area contributed by atoms with Gasteiger partial charge in [-0.05, 0) is 52.2 Å². The monoisotopic (exact) mass is 264 g/mol. The fourth-order valence-corrected chi connectivity index (χ4v) is 2.55. The molecule has 0 aliphatic carbocycles. The third-order valence-electron chi connectivity index (χ3n) is 3.69. The summed E-state index contributed by atoms with van der Waals surface area (Å²) in [5.74, 6) is 0.976. The average Bonchev–Trinajstić information content (AvgIpc) is 2.49. The molecule has 0 aliphatic rings. The Morgan fingerprint density at radius 3 is 2.20 bits per heavy atom. The molecule has 0 heterocycles. The molecule has 0 saturated carbocycles. The number of unbranched alkanes of at least 4 members (excludes halogenated alkanes) is 2. The molecule has 1 nitrogen and oxygen atoms in total. The molecule has 0 radical (unpaired) electrons. The molecule has 0 fully saturated rings. The van der Waals surface area contributed by atoms with Gasteiger partial charge in [0.1, 0.15) is 5.75 Å². The predicted molar refractivity (Wildman–Crippen MR) is 86.5 cm³/mol. The maximum atomic E-state index is 5.83. The fraction of sp³-hybridized carbons (Fsp3) is 0.263. The maximum Gasteiger partial charge on any atom is 0.119 e. The molecule has 0 amide bonds. The van der Waals surface area contributed by atoms with Gasteiger partial charge < -0.3 is 4.74 Å². The van der Waals surface area contributed by atoms with Crippen LogP contribution in [0.5, 0.6) is 5.75 Å². The van der Waals surface area contributed by atoms with Crippen molar-refractivity contribution in [2.75, 3.05) is 6.61 Å². The van der Waals surface area contributed by atoms with Crippen LogP contribution in [-0.2, 0) is 0 Å². The van der Waals surface area contributed by atoms with Gasteiger partial charge in [0, 0.05) is 0 Å². The molecule has 102 valence electrons. The zero-order valence-electron chi connectivity index (χ0n) is 11.9. The van der Waals surface area contributed by atoms with Gasteiger partial charge in [-0.3, -0.25) is 0 Å². The fourth-order valence-electron chi connectivity index (χ4n) is 2.55. The highest BCUT2D eigenvalue weighted by atomic mass is 16.5. The van der Waals surface area contributed by atoms with Crippen molar-refractivity contribution in [3.63, 3.8) is 0 Å². The molecule has 0 spiro atoms. The van der Waals surface area contributed by atoms with Gasteiger partial charge in [0.15, 0.2) is 0 Å². The Balaban J connectivity index is 1.88. The minimum atomic E-state index is 0.812. The summed E-state index contributed by atoms with van der Waals surface area (Å²) in [6.07, 6.45) is 3.59. The van der Waals surface area contributed by atoms with Gasteiger partial charge >= 0.3 is 0 Å². The van der Waals surface area contributed by atoms with E-state index >= 15 is 0 Å². The Kier molecular flexibility index (Phi) is 3.87. The van der Waals surface area contributed by atoms with Crippen molar-refractivity contribution >= 4 is 21.5 Å². The SMILES string of the molecule is CCCCCOc1ccc2cc3ccccc3cc2c1. The third-order valence-corrected chi connectivity index (χ3v) is 3.69. The second-order valence-electron chi connectivity index (χ2n) is 5.26. The first-order valence-corrected chi connectivity index (χ1v) is 7.42. The number of rotatable bonds is 5. The number of hydrogen-bond acceptors (Lipinski definition) is 1. The van der Waals surface area contributed by atoms with E-state index in [0.29, 0.717) is 0 Å². The Morgan fingerprint density at radius 2 is 1.45 bits per heavy atom. The second-order valence-corrected chi connectivity index (χ2v) is 5.26. The van der Waals surface area contributed by atoms with E-state index in [2.05, 4.69) is 61.5 Å². The number of fused-ring (bicyclic) bond motifs is 2. The first kappa shape index (κ1) is 13.0. The van der Waals surface area contributed by atoms with Crippen molar-refractivity contribution in [3.05, 3.63) is 54.6 Å². The van der Waals surface area contributed by atoms with Crippen molar-refractivity contribution in [1.82, 2.24) is 0 Å². The van der Waals surface area contributed by atoms with Crippen molar-refractivity contribution in [2.24, 2.45) is 0 Å². The molecule has 0 aliphatic heterocycles. The van der Waals surface area contributed by atoms with Gasteiger partial charge in [-0.2, -0.15) is 0 Å². The summed E-state index contributed by atoms with van der Waals surface area (Å²) in [4.78, 5) is 0. The highest BCUT2D eigenvalue weighted by Gasteiger charge is 2.00. The highest BCUT2D eigenvalue weighted by molar-refractivity contribution is 5.98. The molecule has 3 aromatic rings. The van der Waals surface area contributed by atoms with Crippen LogP contribution in [-0.4, -0.2) is 6.61 Å². The minimum Gasteiger partial charge on any atom is -0.494 e. The first-order valence-electron chi connectivity index (χ1n) is 7.42. The topological polar surface area (TPSA) is 9.23 Å². The van der Waals surface area contributed by atoms with Gasteiger partial charge in [0.05, 0.1) is 6.61 Å². The van der Waals surface area contributed by atoms with Crippen LogP contribution < -0.4 is 4.74 Å². The molecular weight excluding hydrogens is 244 g/mol. The molecular formula is C19H20O. The Morgan fingerprint density at radius 1 is 0.750 bits per heavy atom. The third kappa shape index (κ3) is 2.77. The molecule has 20 heavy (non-hydrogen) atoms. The van der Waals surface area contributed by atoms with E-state index in [9.17, 15) is 0 Å². The molecule has 3 aromatic carbocycles. The Bertz CT molecular complexity index is 715. The quantitative estimate of drug-likeness (QED) is 0.433. The summed E-state index contributed by atoms with van der Waals surface area (Å²) in [7, 11) is 0. The first-order chi connectivity index (χ1) is 9.86. The van der Waals surface area contributed by atoms with Crippen LogP contribution in [0.3, 0.4) is 0 Å². The zero-order chi connectivity index (χ0) is 13.8. The normalized spacial score (nSPS) is 11.1. The van der Waals surface area contributed by atoms with E-state index in [1.54, 1.807) is 0 Å². The lowest BCUT2D eigenvalue weighted by Gasteiger charge is -2.08. The van der Waals surface area contributed by atoms with Gasteiger partial charge in [0.2, 0.25) is 0 Å². The standard InChI is InChI=1S/C19H20O/c1-2-3-6-11-20-19-10-9-17-12-15-7-4-5-8-16(15)13-18(17)14-19/h4-5,7-10,12-14H,2-3,6,11H2,1H3. The second kappa shape index (κ2) is 5.96. The summed E-state index contributed by atoms with van der Waals surface area (Å²) in [6.45, 7) is 3.02. The summed E-state index contributed by atoms with van der Waals surface area (Å²) in [6, 6.07) is 19.3. The van der Waals surface area contributed by atoms with Gasteiger partial charge in [0.25, 0.3) is 0 Å². The largest absolute Gasteiger partial charge is 0.494 e. The summed E-state index contributed by atoms with van der Waals surface area (Å²) in [5, 5.41) is 5.08. The van der Waals surface area contributed by atoms with Gasteiger partial charge in [-0.15, -0.1) is 0 Å². The summed E-state index contributed by atoms with van der Waals surface area (Å²) < 4.78 is 5.83. The van der Waals surface area contributed by atoms with Crippen molar-refractivity contribution in [1.29, 1.82) is 0 Å². The molecule has 1 heteroatoms. The van der Waals surface area contributed by atoms with Gasteiger partial charge in [-0.1, -0.05) is 50.1 Å². The molecule has 0 aromatic heterocycles. The van der Waals surface area contributed by atoms with Crippen LogP contribution >= 0.6 is 0 Å². The number of ether oxygens (including phenoxy) is 1. The molecule has 0 bridgehead atoms. The summed E-state index contributed by atoms with van der Waals surface area (Å²) in [5.41, 5.74) is 0. The van der Waals surface area contributed by atoms with Crippen LogP contribution in [0.2, 0.25) is 0 Å². The van der Waals surface area contributed by atoms with Crippen LogP contribution in [0.25, 0.3) is 21.5 Å². The van der Waals surface area contributed by atoms with Crippen LogP contribution in [0.15, 0.2) is 54.6 Å². The lowest BCUT2D eigenvalue weighted by atomic mass is 10.0. The molecule has 3 rings (SSSR count). The molecule has 0 saturated heterocycles. The van der Waals surface area contributed by atoms with E-state index in [-0.39, 0.29) is 0 Å². The average molecular weight is 264 g/mol. The molecule has 0 N–H and O–H groups in total. The van der Waals surface area contributed by atoms with Crippen LogP contribution in [0, 0.1) is 0 Å². The van der Waals surface area contributed by atoms with Crippen LogP contribution in [0.4, 0.5) is 0 Å². The highest BCUT2D eigenvalue weighted by Crippen LogP contribution is 2.26. The van der Waals surface area contributed by atoms with Crippen molar-refractivity contribution in [2.45, 2.75) is 26.2 Å². The van der Waals surface area contributed by atoms with E-state index in [0.717, 1.165) is 18.8 Å². The van der Waals surface area contributed by atoms with Crippen molar-refractivity contribution in [3.8, 4) is 5.75 Å². The molecule has 0 atom stereocenters.